The van der Waals surface area contributed by atoms with Crippen LogP contribution in [0.1, 0.15) is 24.0 Å². The molecular formula is C18H19ClN2. The van der Waals surface area contributed by atoms with Crippen molar-refractivity contribution in [3.8, 4) is 0 Å². The average Bonchev–Trinajstić information content (AvgIpc) is 2.75. The zero-order chi connectivity index (χ0) is 14.2. The lowest BCUT2D eigenvalue weighted by Gasteiger charge is -2.24. The molecule has 0 aliphatic heterocycles. The Labute approximate surface area is 130 Å². The maximum atomic E-state index is 6.01. The summed E-state index contributed by atoms with van der Waals surface area (Å²) >= 11 is 6.01. The summed E-state index contributed by atoms with van der Waals surface area (Å²) in [5.74, 6) is 2.33. The number of hydrogen-bond donors (Lipinski definition) is 1. The molecule has 1 fully saturated rings. The SMILES string of the molecule is Clc1cccc(NC2C3CCC2Cc2ccccc2C3)n1. The van der Waals surface area contributed by atoms with Crippen LogP contribution in [0.5, 0.6) is 0 Å². The monoisotopic (exact) mass is 298 g/mol. The first-order valence-corrected chi connectivity index (χ1v) is 8.13. The Morgan fingerprint density at radius 2 is 1.57 bits per heavy atom. The zero-order valence-corrected chi connectivity index (χ0v) is 12.7. The summed E-state index contributed by atoms with van der Waals surface area (Å²) in [5.41, 5.74) is 3.08. The normalized spacial score (nSPS) is 27.0. The molecule has 1 heterocycles. The fourth-order valence-electron chi connectivity index (χ4n) is 4.05. The maximum absolute atomic E-state index is 6.01. The summed E-state index contributed by atoms with van der Waals surface area (Å²) in [6.07, 6.45) is 5.00. The molecule has 2 aromatic rings. The van der Waals surface area contributed by atoms with Gasteiger partial charge in [0.25, 0.3) is 0 Å². The third-order valence-electron chi connectivity index (χ3n) is 5.04. The van der Waals surface area contributed by atoms with Gasteiger partial charge in [-0.15, -0.1) is 0 Å². The fraction of sp³-hybridized carbons (Fsp3) is 0.389. The maximum Gasteiger partial charge on any atom is 0.131 e. The van der Waals surface area contributed by atoms with Crippen molar-refractivity contribution in [1.82, 2.24) is 4.98 Å². The van der Waals surface area contributed by atoms with Gasteiger partial charge in [-0.1, -0.05) is 41.9 Å². The minimum atomic E-state index is 0.517. The van der Waals surface area contributed by atoms with Crippen LogP contribution in [0.25, 0.3) is 0 Å². The van der Waals surface area contributed by atoms with Gasteiger partial charge >= 0.3 is 0 Å². The summed E-state index contributed by atoms with van der Waals surface area (Å²) in [6, 6.07) is 15.2. The second kappa shape index (κ2) is 5.34. The number of anilines is 1. The van der Waals surface area contributed by atoms with Gasteiger partial charge in [-0.2, -0.15) is 0 Å². The molecule has 2 atom stereocenters. The molecule has 2 unspecified atom stereocenters. The molecule has 3 heteroatoms. The van der Waals surface area contributed by atoms with E-state index in [0.29, 0.717) is 23.0 Å². The van der Waals surface area contributed by atoms with Crippen LogP contribution in [-0.4, -0.2) is 11.0 Å². The molecule has 2 nitrogen and oxygen atoms in total. The second-order valence-corrected chi connectivity index (χ2v) is 6.68. The third kappa shape index (κ3) is 2.53. The van der Waals surface area contributed by atoms with Crippen molar-refractivity contribution in [3.05, 3.63) is 58.7 Å². The molecule has 0 spiro atoms. The van der Waals surface area contributed by atoms with Crippen molar-refractivity contribution < 1.29 is 0 Å². The van der Waals surface area contributed by atoms with Crippen LogP contribution in [0.2, 0.25) is 5.15 Å². The van der Waals surface area contributed by atoms with Crippen molar-refractivity contribution in [1.29, 1.82) is 0 Å². The Hall–Kier alpha value is -1.54. The first-order chi connectivity index (χ1) is 10.3. The molecule has 108 valence electrons. The molecule has 1 N–H and O–H groups in total. The number of halogens is 1. The number of benzene rings is 1. The topological polar surface area (TPSA) is 24.9 Å². The molecule has 0 radical (unpaired) electrons. The summed E-state index contributed by atoms with van der Waals surface area (Å²) in [7, 11) is 0. The molecule has 0 saturated heterocycles. The third-order valence-corrected chi connectivity index (χ3v) is 5.25. The largest absolute Gasteiger partial charge is 0.367 e. The van der Waals surface area contributed by atoms with Gasteiger partial charge in [0.1, 0.15) is 11.0 Å². The molecule has 2 bridgehead atoms. The lowest BCUT2D eigenvalue weighted by atomic mass is 9.94. The summed E-state index contributed by atoms with van der Waals surface area (Å²) in [6.45, 7) is 0. The van der Waals surface area contributed by atoms with Gasteiger partial charge < -0.3 is 5.32 Å². The lowest BCUT2D eigenvalue weighted by molar-refractivity contribution is 0.448. The van der Waals surface area contributed by atoms with E-state index in [1.165, 1.54) is 36.8 Å². The highest BCUT2D eigenvalue weighted by Gasteiger charge is 2.38. The Bertz CT molecular complexity index is 622. The van der Waals surface area contributed by atoms with Crippen LogP contribution in [0.15, 0.2) is 42.5 Å². The number of hydrogen-bond acceptors (Lipinski definition) is 2. The Balaban J connectivity index is 1.60. The molecule has 2 aliphatic rings. The predicted molar refractivity (Wildman–Crippen MR) is 86.7 cm³/mol. The summed E-state index contributed by atoms with van der Waals surface area (Å²) in [5, 5.41) is 4.22. The van der Waals surface area contributed by atoms with Gasteiger partial charge in [0, 0.05) is 6.04 Å². The Kier molecular flexibility index (Phi) is 3.34. The van der Waals surface area contributed by atoms with E-state index in [4.69, 9.17) is 11.6 Å². The number of nitrogens with zero attached hydrogens (tertiary/aromatic N) is 1. The van der Waals surface area contributed by atoms with E-state index in [0.717, 1.165) is 5.82 Å². The van der Waals surface area contributed by atoms with Crippen molar-refractivity contribution in [2.45, 2.75) is 31.7 Å². The number of fused-ring (bicyclic) bond motifs is 3. The molecule has 21 heavy (non-hydrogen) atoms. The highest BCUT2D eigenvalue weighted by molar-refractivity contribution is 6.29. The molecule has 0 amide bonds. The second-order valence-electron chi connectivity index (χ2n) is 6.29. The lowest BCUT2D eigenvalue weighted by Crippen LogP contribution is -2.31. The van der Waals surface area contributed by atoms with Crippen LogP contribution in [0.4, 0.5) is 5.82 Å². The molecule has 1 aromatic carbocycles. The molecule has 2 aliphatic carbocycles. The summed E-state index contributed by atoms with van der Waals surface area (Å²) < 4.78 is 0. The minimum absolute atomic E-state index is 0.517. The van der Waals surface area contributed by atoms with E-state index in [9.17, 15) is 0 Å². The first kappa shape index (κ1) is 13.1. The van der Waals surface area contributed by atoms with Crippen LogP contribution >= 0.6 is 11.6 Å². The van der Waals surface area contributed by atoms with Crippen LogP contribution in [-0.2, 0) is 12.8 Å². The molecule has 1 saturated carbocycles. The van der Waals surface area contributed by atoms with Crippen molar-refractivity contribution >= 4 is 17.4 Å². The smallest absolute Gasteiger partial charge is 0.131 e. The van der Waals surface area contributed by atoms with Gasteiger partial charge in [0.05, 0.1) is 0 Å². The van der Waals surface area contributed by atoms with E-state index in [1.807, 2.05) is 18.2 Å². The molecular weight excluding hydrogens is 280 g/mol. The van der Waals surface area contributed by atoms with Crippen LogP contribution < -0.4 is 5.32 Å². The Morgan fingerprint density at radius 3 is 2.19 bits per heavy atom. The average molecular weight is 299 g/mol. The number of nitrogens with one attached hydrogen (secondary N) is 1. The van der Waals surface area contributed by atoms with Crippen molar-refractivity contribution in [3.63, 3.8) is 0 Å². The molecule has 1 aromatic heterocycles. The van der Waals surface area contributed by atoms with Gasteiger partial charge in [0.15, 0.2) is 0 Å². The quantitative estimate of drug-likeness (QED) is 0.834. The van der Waals surface area contributed by atoms with Gasteiger partial charge in [-0.25, -0.2) is 4.98 Å². The van der Waals surface area contributed by atoms with E-state index in [-0.39, 0.29) is 0 Å². The predicted octanol–water partition coefficient (Wildman–Crippen LogP) is 4.34. The van der Waals surface area contributed by atoms with Crippen molar-refractivity contribution in [2.24, 2.45) is 11.8 Å². The number of rotatable bonds is 2. The fourth-order valence-corrected chi connectivity index (χ4v) is 4.21. The van der Waals surface area contributed by atoms with Crippen LogP contribution in [0.3, 0.4) is 0 Å². The van der Waals surface area contributed by atoms with E-state index >= 15 is 0 Å². The number of pyridine rings is 1. The summed E-state index contributed by atoms with van der Waals surface area (Å²) in [4.78, 5) is 4.40. The van der Waals surface area contributed by atoms with Gasteiger partial charge in [-0.3, -0.25) is 0 Å². The highest BCUT2D eigenvalue weighted by Crippen LogP contribution is 2.41. The Morgan fingerprint density at radius 1 is 0.905 bits per heavy atom. The molecule has 4 rings (SSSR count). The number of aromatic nitrogens is 1. The van der Waals surface area contributed by atoms with Crippen LogP contribution in [0, 0.1) is 11.8 Å². The zero-order valence-electron chi connectivity index (χ0n) is 11.9. The first-order valence-electron chi connectivity index (χ1n) is 7.75. The van der Waals surface area contributed by atoms with E-state index in [1.54, 1.807) is 0 Å². The van der Waals surface area contributed by atoms with E-state index in [2.05, 4.69) is 34.6 Å². The minimum Gasteiger partial charge on any atom is -0.367 e. The van der Waals surface area contributed by atoms with Gasteiger partial charge in [0.2, 0.25) is 0 Å². The van der Waals surface area contributed by atoms with Gasteiger partial charge in [-0.05, 0) is 60.8 Å². The van der Waals surface area contributed by atoms with E-state index < -0.39 is 0 Å². The standard InChI is InChI=1S/C18H19ClN2/c19-16-6-3-7-17(20-16)21-18-14-8-9-15(18)11-13-5-2-1-4-12(13)10-14/h1-7,14-15,18H,8-11H2,(H,20,21). The highest BCUT2D eigenvalue weighted by atomic mass is 35.5. The van der Waals surface area contributed by atoms with Crippen molar-refractivity contribution in [2.75, 3.05) is 5.32 Å².